The van der Waals surface area contributed by atoms with Crippen LogP contribution in [0.5, 0.6) is 0 Å². The maximum atomic E-state index is 12.9. The second-order valence-corrected chi connectivity index (χ2v) is 9.18. The van der Waals surface area contributed by atoms with E-state index in [0.717, 1.165) is 19.3 Å². The van der Waals surface area contributed by atoms with Crippen LogP contribution >= 0.6 is 0 Å². The van der Waals surface area contributed by atoms with Gasteiger partial charge in [-0.05, 0) is 60.3 Å². The van der Waals surface area contributed by atoms with Crippen molar-refractivity contribution in [1.29, 1.82) is 0 Å². The van der Waals surface area contributed by atoms with Gasteiger partial charge in [-0.2, -0.15) is 0 Å². The summed E-state index contributed by atoms with van der Waals surface area (Å²) in [7, 11) is 0. The Morgan fingerprint density at radius 3 is 2.62 bits per heavy atom. The van der Waals surface area contributed by atoms with Gasteiger partial charge in [0.05, 0.1) is 0 Å². The zero-order valence-electron chi connectivity index (χ0n) is 16.0. The number of carbonyl (C=O) groups is 1. The Morgan fingerprint density at radius 1 is 1.00 bits per heavy atom. The van der Waals surface area contributed by atoms with Gasteiger partial charge < -0.3 is 0 Å². The maximum Gasteiger partial charge on any atom is 0.139 e. The van der Waals surface area contributed by atoms with Gasteiger partial charge >= 0.3 is 0 Å². The number of ketones is 1. The van der Waals surface area contributed by atoms with Crippen LogP contribution in [0.1, 0.15) is 64.4 Å². The number of benzene rings is 1. The Morgan fingerprint density at radius 2 is 1.81 bits per heavy atom. The van der Waals surface area contributed by atoms with Gasteiger partial charge in [0.15, 0.2) is 0 Å². The summed E-state index contributed by atoms with van der Waals surface area (Å²) in [5.74, 6) is 0.883. The molecule has 0 N–H and O–H groups in total. The number of Topliss-reactive ketones (excluding diaryl/α,β-unsaturated/α-hetero) is 1. The van der Waals surface area contributed by atoms with E-state index in [1.165, 1.54) is 42.4 Å². The standard InChI is InChI=1S/C25H28O/c1-24-15-7-6-10-18(24)11-12-19-21-13-14-22(26)25(21,2)16-20(23(19)24)17-8-4-3-5-9-17/h3-5,8-9,11-12,21H,6-7,10,13-16H2,1-2H3/t21?,24-,25+/m1/s1. The molecule has 0 radical (unpaired) electrons. The van der Waals surface area contributed by atoms with Crippen LogP contribution in [0.4, 0.5) is 0 Å². The molecule has 0 heterocycles. The van der Waals surface area contributed by atoms with E-state index in [4.69, 9.17) is 0 Å². The first-order valence-electron chi connectivity index (χ1n) is 10.3. The summed E-state index contributed by atoms with van der Waals surface area (Å²) in [6.45, 7) is 4.71. The summed E-state index contributed by atoms with van der Waals surface area (Å²) in [6, 6.07) is 10.9. The van der Waals surface area contributed by atoms with Crippen molar-refractivity contribution in [2.45, 2.75) is 58.8 Å². The Labute approximate surface area is 156 Å². The third kappa shape index (κ3) is 2.06. The van der Waals surface area contributed by atoms with E-state index in [9.17, 15) is 4.79 Å². The number of allylic oxidation sites excluding steroid dienone is 6. The molecule has 0 aliphatic heterocycles. The van der Waals surface area contributed by atoms with Crippen molar-refractivity contribution in [3.8, 4) is 0 Å². The minimum absolute atomic E-state index is 0.167. The fourth-order valence-electron chi connectivity index (χ4n) is 6.31. The molecule has 26 heavy (non-hydrogen) atoms. The van der Waals surface area contributed by atoms with Crippen LogP contribution in [0.2, 0.25) is 0 Å². The number of fused-ring (bicyclic) bond motifs is 5. The molecule has 0 bridgehead atoms. The van der Waals surface area contributed by atoms with E-state index in [1.54, 1.807) is 11.1 Å². The highest BCUT2D eigenvalue weighted by atomic mass is 16.1. The second-order valence-electron chi connectivity index (χ2n) is 9.18. The molecule has 4 aliphatic carbocycles. The summed E-state index contributed by atoms with van der Waals surface area (Å²) in [4.78, 5) is 12.9. The predicted molar refractivity (Wildman–Crippen MR) is 107 cm³/mol. The summed E-state index contributed by atoms with van der Waals surface area (Å²) >= 11 is 0. The normalized spacial score (nSPS) is 36.1. The van der Waals surface area contributed by atoms with Crippen molar-refractivity contribution in [2.24, 2.45) is 16.7 Å². The van der Waals surface area contributed by atoms with Crippen molar-refractivity contribution in [3.05, 3.63) is 64.8 Å². The van der Waals surface area contributed by atoms with Crippen molar-refractivity contribution in [3.63, 3.8) is 0 Å². The van der Waals surface area contributed by atoms with Gasteiger partial charge in [0.2, 0.25) is 0 Å². The van der Waals surface area contributed by atoms with Crippen LogP contribution in [-0.4, -0.2) is 5.78 Å². The lowest BCUT2D eigenvalue weighted by Crippen LogP contribution is -2.40. The van der Waals surface area contributed by atoms with Gasteiger partial charge in [-0.1, -0.05) is 68.3 Å². The van der Waals surface area contributed by atoms with Crippen molar-refractivity contribution < 1.29 is 4.79 Å². The first-order valence-corrected chi connectivity index (χ1v) is 10.3. The first-order chi connectivity index (χ1) is 12.5. The third-order valence-electron chi connectivity index (χ3n) is 7.80. The fourth-order valence-corrected chi connectivity index (χ4v) is 6.31. The smallest absolute Gasteiger partial charge is 0.139 e. The van der Waals surface area contributed by atoms with E-state index >= 15 is 0 Å². The minimum Gasteiger partial charge on any atom is -0.299 e. The van der Waals surface area contributed by atoms with Gasteiger partial charge in [0.25, 0.3) is 0 Å². The van der Waals surface area contributed by atoms with E-state index < -0.39 is 0 Å². The summed E-state index contributed by atoms with van der Waals surface area (Å²) in [5.41, 5.74) is 7.40. The van der Waals surface area contributed by atoms with Crippen LogP contribution < -0.4 is 0 Å². The molecule has 2 saturated carbocycles. The number of hydrogen-bond acceptors (Lipinski definition) is 1. The predicted octanol–water partition coefficient (Wildman–Crippen LogP) is 6.28. The van der Waals surface area contributed by atoms with Crippen molar-refractivity contribution >= 4 is 11.4 Å². The Kier molecular flexibility index (Phi) is 3.48. The SMILES string of the molecule is C[C@@]12CCCCC1=CC=C1C2=C(c2ccccc2)C[C@]2(C)C(=O)CCC12. The minimum atomic E-state index is -0.211. The van der Waals surface area contributed by atoms with Gasteiger partial charge in [0.1, 0.15) is 5.78 Å². The molecule has 0 amide bonds. The lowest BCUT2D eigenvalue weighted by atomic mass is 9.53. The summed E-state index contributed by atoms with van der Waals surface area (Å²) < 4.78 is 0. The summed E-state index contributed by atoms with van der Waals surface area (Å²) in [5, 5.41) is 0. The number of carbonyl (C=O) groups excluding carboxylic acids is 1. The van der Waals surface area contributed by atoms with Gasteiger partial charge in [-0.15, -0.1) is 0 Å². The highest BCUT2D eigenvalue weighted by Gasteiger charge is 2.54. The van der Waals surface area contributed by atoms with E-state index in [1.807, 2.05) is 0 Å². The van der Waals surface area contributed by atoms with E-state index in [0.29, 0.717) is 11.7 Å². The first kappa shape index (κ1) is 16.3. The van der Waals surface area contributed by atoms with E-state index in [2.05, 4.69) is 56.3 Å². The van der Waals surface area contributed by atoms with Crippen molar-refractivity contribution in [1.82, 2.24) is 0 Å². The van der Waals surface area contributed by atoms with Gasteiger partial charge in [-0.25, -0.2) is 0 Å². The molecule has 134 valence electrons. The Balaban J connectivity index is 1.79. The maximum absolute atomic E-state index is 12.9. The number of hydrogen-bond donors (Lipinski definition) is 0. The molecule has 0 saturated heterocycles. The molecule has 2 fully saturated rings. The van der Waals surface area contributed by atoms with Crippen molar-refractivity contribution in [2.75, 3.05) is 0 Å². The molecule has 1 aromatic carbocycles. The zero-order chi connectivity index (χ0) is 17.9. The molecule has 5 rings (SSSR count). The molecule has 0 spiro atoms. The molecular weight excluding hydrogens is 316 g/mol. The Bertz CT molecular complexity index is 869. The highest BCUT2D eigenvalue weighted by Crippen LogP contribution is 2.63. The highest BCUT2D eigenvalue weighted by molar-refractivity contribution is 5.93. The molecule has 0 aromatic heterocycles. The van der Waals surface area contributed by atoms with Crippen LogP contribution in [-0.2, 0) is 4.79 Å². The third-order valence-corrected chi connectivity index (χ3v) is 7.80. The average molecular weight is 344 g/mol. The summed E-state index contributed by atoms with van der Waals surface area (Å²) in [6.07, 6.45) is 12.6. The Hall–Kier alpha value is -1.89. The average Bonchev–Trinajstić information content (AvgIpc) is 2.96. The van der Waals surface area contributed by atoms with Crippen LogP contribution in [0.15, 0.2) is 59.2 Å². The molecule has 1 aromatic rings. The zero-order valence-corrected chi connectivity index (χ0v) is 16.0. The molecular formula is C25H28O. The molecule has 1 unspecified atom stereocenters. The largest absolute Gasteiger partial charge is 0.299 e. The molecule has 3 atom stereocenters. The number of rotatable bonds is 1. The fraction of sp³-hybridized carbons (Fsp3) is 0.480. The van der Waals surface area contributed by atoms with Crippen LogP contribution in [0.3, 0.4) is 0 Å². The van der Waals surface area contributed by atoms with Gasteiger partial charge in [0, 0.05) is 17.3 Å². The molecule has 1 nitrogen and oxygen atoms in total. The molecule has 1 heteroatoms. The molecule has 4 aliphatic rings. The van der Waals surface area contributed by atoms with Crippen LogP contribution in [0.25, 0.3) is 5.57 Å². The second kappa shape index (κ2) is 5.55. The lowest BCUT2D eigenvalue weighted by molar-refractivity contribution is -0.125. The quantitative estimate of drug-likeness (QED) is 0.586. The van der Waals surface area contributed by atoms with E-state index in [-0.39, 0.29) is 10.8 Å². The van der Waals surface area contributed by atoms with Gasteiger partial charge in [-0.3, -0.25) is 4.79 Å². The van der Waals surface area contributed by atoms with Crippen LogP contribution in [0, 0.1) is 16.7 Å². The topological polar surface area (TPSA) is 17.1 Å². The monoisotopic (exact) mass is 344 g/mol. The lowest BCUT2D eigenvalue weighted by Gasteiger charge is -2.50.